The number of carbonyl (C=O) groups excluding carboxylic acids is 1. The lowest BCUT2D eigenvalue weighted by Gasteiger charge is -2.27. The number of nitrogens with two attached hydrogens (primary N) is 1. The lowest BCUT2D eigenvalue weighted by atomic mass is 9.81. The Morgan fingerprint density at radius 1 is 1.59 bits per heavy atom. The summed E-state index contributed by atoms with van der Waals surface area (Å²) >= 11 is 0. The maximum atomic E-state index is 12.0. The van der Waals surface area contributed by atoms with E-state index in [9.17, 15) is 4.79 Å². The highest BCUT2D eigenvalue weighted by Crippen LogP contribution is 2.40. The lowest BCUT2D eigenvalue weighted by Crippen LogP contribution is -2.40. The van der Waals surface area contributed by atoms with Crippen LogP contribution in [0.25, 0.3) is 0 Å². The molecule has 2 saturated heterocycles. The summed E-state index contributed by atoms with van der Waals surface area (Å²) < 4.78 is 10.9. The van der Waals surface area contributed by atoms with Gasteiger partial charge in [-0.05, 0) is 20.8 Å². The van der Waals surface area contributed by atoms with Crippen molar-refractivity contribution < 1.29 is 14.3 Å². The summed E-state index contributed by atoms with van der Waals surface area (Å²) in [6, 6.07) is 0. The quantitative estimate of drug-likeness (QED) is 0.739. The van der Waals surface area contributed by atoms with Crippen LogP contribution in [0.15, 0.2) is 0 Å². The number of nitrogens with zero attached hydrogens (tertiary/aromatic N) is 1. The van der Waals surface area contributed by atoms with Crippen molar-refractivity contribution in [1.82, 2.24) is 4.90 Å². The molecule has 1 amide bonds. The molecule has 0 bridgehead atoms. The van der Waals surface area contributed by atoms with Crippen molar-refractivity contribution in [1.29, 1.82) is 0 Å². The fourth-order valence-corrected chi connectivity index (χ4v) is 2.59. The lowest BCUT2D eigenvalue weighted by molar-refractivity contribution is 0.0238. The van der Waals surface area contributed by atoms with Crippen LogP contribution in [-0.4, -0.2) is 49.4 Å². The van der Waals surface area contributed by atoms with Gasteiger partial charge in [0, 0.05) is 31.0 Å². The third kappa shape index (κ3) is 2.40. The Balaban J connectivity index is 2.00. The van der Waals surface area contributed by atoms with E-state index in [-0.39, 0.29) is 11.5 Å². The number of rotatable bonds is 1. The van der Waals surface area contributed by atoms with Gasteiger partial charge in [0.05, 0.1) is 13.2 Å². The van der Waals surface area contributed by atoms with E-state index in [1.807, 2.05) is 20.8 Å². The van der Waals surface area contributed by atoms with E-state index < -0.39 is 5.60 Å². The van der Waals surface area contributed by atoms with Gasteiger partial charge in [-0.1, -0.05) is 0 Å². The Morgan fingerprint density at radius 3 is 2.82 bits per heavy atom. The van der Waals surface area contributed by atoms with Crippen LogP contribution in [0, 0.1) is 11.3 Å². The van der Waals surface area contributed by atoms with Crippen LogP contribution in [0.1, 0.15) is 20.8 Å². The van der Waals surface area contributed by atoms with Crippen molar-refractivity contribution in [2.24, 2.45) is 17.1 Å². The van der Waals surface area contributed by atoms with Crippen molar-refractivity contribution in [2.45, 2.75) is 26.4 Å². The van der Waals surface area contributed by atoms with E-state index in [0.717, 1.165) is 0 Å². The standard InChI is InChI=1S/C12H22N2O3/c1-11(2,3)17-10(15)14-4-9-5-16-8-12(9,6-13)7-14/h9H,4-8,13H2,1-3H3/t9-,12-/m1/s1. The Bertz CT molecular complexity index is 313. The van der Waals surface area contributed by atoms with Crippen LogP contribution in [0.3, 0.4) is 0 Å². The van der Waals surface area contributed by atoms with Crippen molar-refractivity contribution in [3.63, 3.8) is 0 Å². The predicted octanol–water partition coefficient (Wildman–Crippen LogP) is 0.829. The van der Waals surface area contributed by atoms with Crippen molar-refractivity contribution >= 4 is 6.09 Å². The minimum atomic E-state index is -0.443. The van der Waals surface area contributed by atoms with Crippen LogP contribution in [0.2, 0.25) is 0 Å². The number of fused-ring (bicyclic) bond motifs is 1. The van der Waals surface area contributed by atoms with Crippen LogP contribution >= 0.6 is 0 Å². The van der Waals surface area contributed by atoms with Gasteiger partial charge in [0.2, 0.25) is 0 Å². The molecule has 2 aliphatic rings. The highest BCUT2D eigenvalue weighted by molar-refractivity contribution is 5.68. The van der Waals surface area contributed by atoms with Crippen molar-refractivity contribution in [3.05, 3.63) is 0 Å². The van der Waals surface area contributed by atoms with Gasteiger partial charge in [0.1, 0.15) is 5.60 Å². The molecule has 0 aromatic rings. The zero-order valence-electron chi connectivity index (χ0n) is 10.9. The average Bonchev–Trinajstić information content (AvgIpc) is 2.70. The molecule has 17 heavy (non-hydrogen) atoms. The Morgan fingerprint density at radius 2 is 2.29 bits per heavy atom. The molecule has 0 aromatic carbocycles. The number of ether oxygens (including phenoxy) is 2. The van der Waals surface area contributed by atoms with E-state index in [1.54, 1.807) is 4.90 Å². The van der Waals surface area contributed by atoms with Crippen molar-refractivity contribution in [2.75, 3.05) is 32.8 Å². The molecule has 0 unspecified atom stereocenters. The van der Waals surface area contributed by atoms with Gasteiger partial charge >= 0.3 is 6.09 Å². The molecule has 2 N–H and O–H groups in total. The van der Waals surface area contributed by atoms with Crippen LogP contribution < -0.4 is 5.73 Å². The molecule has 2 aliphatic heterocycles. The van der Waals surface area contributed by atoms with E-state index in [1.165, 1.54) is 0 Å². The van der Waals surface area contributed by atoms with E-state index >= 15 is 0 Å². The van der Waals surface area contributed by atoms with Gasteiger partial charge in [-0.25, -0.2) is 4.79 Å². The van der Waals surface area contributed by atoms with Gasteiger partial charge in [-0.15, -0.1) is 0 Å². The maximum absolute atomic E-state index is 12.0. The SMILES string of the molecule is CC(C)(C)OC(=O)N1C[C@@H]2COC[C@@]2(CN)C1. The number of likely N-dealkylation sites (tertiary alicyclic amines) is 1. The fraction of sp³-hybridized carbons (Fsp3) is 0.917. The summed E-state index contributed by atoms with van der Waals surface area (Å²) in [6.07, 6.45) is -0.236. The van der Waals surface area contributed by atoms with Gasteiger partial charge in [0.15, 0.2) is 0 Å². The fourth-order valence-electron chi connectivity index (χ4n) is 2.59. The predicted molar refractivity (Wildman–Crippen MR) is 63.6 cm³/mol. The molecule has 0 aromatic heterocycles. The summed E-state index contributed by atoms with van der Waals surface area (Å²) in [7, 11) is 0. The summed E-state index contributed by atoms with van der Waals surface area (Å²) in [5.41, 5.74) is 5.35. The number of carbonyl (C=O) groups is 1. The molecule has 0 saturated carbocycles. The highest BCUT2D eigenvalue weighted by atomic mass is 16.6. The van der Waals surface area contributed by atoms with Crippen LogP contribution in [-0.2, 0) is 9.47 Å². The number of hydrogen-bond acceptors (Lipinski definition) is 4. The Kier molecular flexibility index (Phi) is 3.08. The number of hydrogen-bond donors (Lipinski definition) is 1. The van der Waals surface area contributed by atoms with Crippen LogP contribution in [0.5, 0.6) is 0 Å². The normalized spacial score (nSPS) is 32.7. The second-order valence-electron chi connectivity index (χ2n) is 6.14. The molecule has 2 rings (SSSR count). The first kappa shape index (κ1) is 12.6. The summed E-state index contributed by atoms with van der Waals surface area (Å²) in [5.74, 6) is 0.361. The average molecular weight is 242 g/mol. The molecule has 98 valence electrons. The molecule has 2 atom stereocenters. The zero-order chi connectivity index (χ0) is 12.7. The first-order valence-corrected chi connectivity index (χ1v) is 6.12. The maximum Gasteiger partial charge on any atom is 0.410 e. The summed E-state index contributed by atoms with van der Waals surface area (Å²) in [6.45, 7) is 8.92. The molecular formula is C12H22N2O3. The monoisotopic (exact) mass is 242 g/mol. The van der Waals surface area contributed by atoms with Gasteiger partial charge in [-0.3, -0.25) is 0 Å². The van der Waals surface area contributed by atoms with Crippen molar-refractivity contribution in [3.8, 4) is 0 Å². The van der Waals surface area contributed by atoms with E-state index in [2.05, 4.69) is 0 Å². The molecule has 0 radical (unpaired) electrons. The minimum absolute atomic E-state index is 0.0447. The largest absolute Gasteiger partial charge is 0.444 e. The molecular weight excluding hydrogens is 220 g/mol. The molecule has 0 spiro atoms. The topological polar surface area (TPSA) is 64.8 Å². The third-order valence-corrected chi connectivity index (χ3v) is 3.58. The van der Waals surface area contributed by atoms with Gasteiger partial charge in [0.25, 0.3) is 0 Å². The second kappa shape index (κ2) is 4.14. The van der Waals surface area contributed by atoms with Gasteiger partial charge < -0.3 is 20.1 Å². The molecule has 0 aliphatic carbocycles. The first-order valence-electron chi connectivity index (χ1n) is 6.12. The molecule has 5 nitrogen and oxygen atoms in total. The molecule has 5 heteroatoms. The minimum Gasteiger partial charge on any atom is -0.444 e. The number of amides is 1. The summed E-state index contributed by atoms with van der Waals surface area (Å²) in [4.78, 5) is 13.7. The Hall–Kier alpha value is -0.810. The zero-order valence-corrected chi connectivity index (χ0v) is 10.9. The van der Waals surface area contributed by atoms with Gasteiger partial charge in [-0.2, -0.15) is 0 Å². The summed E-state index contributed by atoms with van der Waals surface area (Å²) in [5, 5.41) is 0. The van der Waals surface area contributed by atoms with E-state index in [4.69, 9.17) is 15.2 Å². The van der Waals surface area contributed by atoms with Crippen LogP contribution in [0.4, 0.5) is 4.79 Å². The second-order valence-corrected chi connectivity index (χ2v) is 6.14. The first-order chi connectivity index (χ1) is 7.86. The molecule has 2 heterocycles. The Labute approximate surface area is 102 Å². The molecule has 2 fully saturated rings. The smallest absolute Gasteiger partial charge is 0.410 e. The highest BCUT2D eigenvalue weighted by Gasteiger charge is 2.51. The van der Waals surface area contributed by atoms with E-state index in [0.29, 0.717) is 38.8 Å². The third-order valence-electron chi connectivity index (χ3n) is 3.58.